The van der Waals surface area contributed by atoms with Gasteiger partial charge in [0.2, 0.25) is 0 Å². The normalized spacial score (nSPS) is 12.4. The van der Waals surface area contributed by atoms with E-state index >= 15 is 0 Å². The summed E-state index contributed by atoms with van der Waals surface area (Å²) in [5.41, 5.74) is 5.87. The standard InChI is InChI=1S/C21H22F2N4O2/c1-3-14(2)19(20(28)26-24-12-15-4-8-17(22)9-5-15)21(29)27-25-13-16-6-10-18(23)11-7-16/h4-14,19H,3H2,1-2H3,(H,26,28)(H,27,29)/b24-12+,25-13+. The number of carbonyl (C=O) groups is 2. The number of rotatable bonds is 8. The van der Waals surface area contributed by atoms with Crippen molar-refractivity contribution in [2.75, 3.05) is 0 Å². The average Bonchev–Trinajstić information content (AvgIpc) is 2.71. The minimum Gasteiger partial charge on any atom is -0.272 e. The predicted octanol–water partition coefficient (Wildman–Crippen LogP) is 3.23. The predicted molar refractivity (Wildman–Crippen MR) is 107 cm³/mol. The highest BCUT2D eigenvalue weighted by Gasteiger charge is 2.31. The quantitative estimate of drug-likeness (QED) is 0.405. The molecule has 29 heavy (non-hydrogen) atoms. The first-order valence-corrected chi connectivity index (χ1v) is 9.07. The zero-order valence-electron chi connectivity index (χ0n) is 16.1. The third kappa shape index (κ3) is 6.91. The van der Waals surface area contributed by atoms with Gasteiger partial charge in [-0.25, -0.2) is 19.6 Å². The maximum Gasteiger partial charge on any atom is 0.252 e. The molecule has 0 bridgehead atoms. The van der Waals surface area contributed by atoms with Crippen LogP contribution in [0.1, 0.15) is 31.4 Å². The smallest absolute Gasteiger partial charge is 0.252 e. The van der Waals surface area contributed by atoms with Gasteiger partial charge in [0.15, 0.2) is 0 Å². The van der Waals surface area contributed by atoms with E-state index in [1.165, 1.54) is 61.0 Å². The SMILES string of the molecule is CCC(C)C(C(=O)N/N=C/c1ccc(F)cc1)C(=O)N/N=C/c1ccc(F)cc1. The van der Waals surface area contributed by atoms with Gasteiger partial charge in [0.25, 0.3) is 11.8 Å². The molecule has 2 aromatic carbocycles. The molecule has 0 aromatic heterocycles. The highest BCUT2D eigenvalue weighted by Crippen LogP contribution is 2.16. The van der Waals surface area contributed by atoms with Gasteiger partial charge < -0.3 is 0 Å². The number of amides is 2. The Morgan fingerprint density at radius 1 is 0.862 bits per heavy atom. The first-order chi connectivity index (χ1) is 13.9. The van der Waals surface area contributed by atoms with Gasteiger partial charge in [-0.3, -0.25) is 9.59 Å². The van der Waals surface area contributed by atoms with Crippen LogP contribution in [0.3, 0.4) is 0 Å². The molecule has 1 unspecified atom stereocenters. The Hall–Kier alpha value is -3.42. The van der Waals surface area contributed by atoms with Crippen molar-refractivity contribution in [3.63, 3.8) is 0 Å². The summed E-state index contributed by atoms with van der Waals surface area (Å²) in [6, 6.07) is 11.1. The largest absolute Gasteiger partial charge is 0.272 e. The van der Waals surface area contributed by atoms with Crippen LogP contribution in [0.2, 0.25) is 0 Å². The molecule has 0 aliphatic heterocycles. The molecular formula is C21H22F2N4O2. The van der Waals surface area contributed by atoms with Crippen molar-refractivity contribution in [1.29, 1.82) is 0 Å². The third-order valence-electron chi connectivity index (χ3n) is 4.29. The van der Waals surface area contributed by atoms with E-state index in [9.17, 15) is 18.4 Å². The van der Waals surface area contributed by atoms with E-state index < -0.39 is 17.7 Å². The Labute approximate surface area is 167 Å². The van der Waals surface area contributed by atoms with Crippen molar-refractivity contribution in [2.45, 2.75) is 20.3 Å². The van der Waals surface area contributed by atoms with Gasteiger partial charge in [0.1, 0.15) is 17.6 Å². The van der Waals surface area contributed by atoms with E-state index in [1.807, 2.05) is 6.92 Å². The van der Waals surface area contributed by atoms with E-state index in [0.29, 0.717) is 17.5 Å². The first-order valence-electron chi connectivity index (χ1n) is 9.07. The van der Waals surface area contributed by atoms with E-state index in [-0.39, 0.29) is 17.6 Å². The van der Waals surface area contributed by atoms with Crippen LogP contribution in [0.5, 0.6) is 0 Å². The van der Waals surface area contributed by atoms with Crippen molar-refractivity contribution in [2.24, 2.45) is 22.0 Å². The molecule has 0 saturated carbocycles. The molecule has 0 heterocycles. The average molecular weight is 400 g/mol. The lowest BCUT2D eigenvalue weighted by Gasteiger charge is -2.19. The number of hydrogen-bond donors (Lipinski definition) is 2. The van der Waals surface area contributed by atoms with E-state index in [1.54, 1.807) is 6.92 Å². The Balaban J connectivity index is 1.99. The number of carbonyl (C=O) groups excluding carboxylic acids is 2. The lowest BCUT2D eigenvalue weighted by Crippen LogP contribution is -2.41. The number of hydrazone groups is 2. The lowest BCUT2D eigenvalue weighted by atomic mass is 9.90. The molecule has 2 aromatic rings. The van der Waals surface area contributed by atoms with E-state index in [4.69, 9.17) is 0 Å². The molecule has 1 atom stereocenters. The first kappa shape index (κ1) is 21.9. The molecule has 8 heteroatoms. The summed E-state index contributed by atoms with van der Waals surface area (Å²) in [5.74, 6) is -3.16. The molecule has 2 amide bonds. The van der Waals surface area contributed by atoms with Gasteiger partial charge in [-0.15, -0.1) is 0 Å². The summed E-state index contributed by atoms with van der Waals surface area (Å²) < 4.78 is 25.8. The molecule has 152 valence electrons. The molecule has 2 rings (SSSR count). The van der Waals surface area contributed by atoms with Crippen LogP contribution < -0.4 is 10.9 Å². The van der Waals surface area contributed by atoms with Crippen molar-refractivity contribution in [1.82, 2.24) is 10.9 Å². The molecule has 0 aliphatic rings. The van der Waals surface area contributed by atoms with Gasteiger partial charge in [-0.1, -0.05) is 44.5 Å². The van der Waals surface area contributed by atoms with Crippen LogP contribution >= 0.6 is 0 Å². The fourth-order valence-electron chi connectivity index (χ4n) is 2.45. The monoisotopic (exact) mass is 400 g/mol. The molecule has 0 radical (unpaired) electrons. The highest BCUT2D eigenvalue weighted by atomic mass is 19.1. The third-order valence-corrected chi connectivity index (χ3v) is 4.29. The number of nitrogens with one attached hydrogen (secondary N) is 2. The molecule has 2 N–H and O–H groups in total. The van der Waals surface area contributed by atoms with Crippen molar-refractivity contribution >= 4 is 24.2 Å². The van der Waals surface area contributed by atoms with Crippen molar-refractivity contribution < 1.29 is 18.4 Å². The summed E-state index contributed by atoms with van der Waals surface area (Å²) in [6.45, 7) is 3.64. The van der Waals surface area contributed by atoms with Crippen LogP contribution in [0.15, 0.2) is 58.7 Å². The Kier molecular flexibility index (Phi) is 8.14. The van der Waals surface area contributed by atoms with Crippen molar-refractivity contribution in [3.8, 4) is 0 Å². The fourth-order valence-corrected chi connectivity index (χ4v) is 2.45. The topological polar surface area (TPSA) is 82.9 Å². The molecule has 6 nitrogen and oxygen atoms in total. The van der Waals surface area contributed by atoms with Crippen LogP contribution in [-0.4, -0.2) is 24.2 Å². The van der Waals surface area contributed by atoms with Gasteiger partial charge in [0, 0.05) is 0 Å². The van der Waals surface area contributed by atoms with E-state index in [2.05, 4.69) is 21.1 Å². The van der Waals surface area contributed by atoms with Crippen LogP contribution in [0.4, 0.5) is 8.78 Å². The maximum absolute atomic E-state index is 12.9. The lowest BCUT2D eigenvalue weighted by molar-refractivity contribution is -0.137. The summed E-state index contributed by atoms with van der Waals surface area (Å²) in [6.07, 6.45) is 3.31. The highest BCUT2D eigenvalue weighted by molar-refractivity contribution is 6.01. The zero-order valence-corrected chi connectivity index (χ0v) is 16.1. The summed E-state index contributed by atoms with van der Waals surface area (Å²) in [7, 11) is 0. The van der Waals surface area contributed by atoms with Crippen molar-refractivity contribution in [3.05, 3.63) is 71.3 Å². The van der Waals surface area contributed by atoms with Gasteiger partial charge in [-0.05, 0) is 41.3 Å². The van der Waals surface area contributed by atoms with Crippen LogP contribution in [-0.2, 0) is 9.59 Å². The Bertz CT molecular complexity index is 811. The van der Waals surface area contributed by atoms with Crippen LogP contribution in [0, 0.1) is 23.5 Å². The van der Waals surface area contributed by atoms with Gasteiger partial charge in [0.05, 0.1) is 12.4 Å². The zero-order chi connectivity index (χ0) is 21.2. The molecule has 0 aliphatic carbocycles. The molecule has 0 fully saturated rings. The second-order valence-corrected chi connectivity index (χ2v) is 6.43. The Morgan fingerprint density at radius 3 is 1.59 bits per heavy atom. The summed E-state index contributed by atoms with van der Waals surface area (Å²) in [5, 5.41) is 7.65. The fraction of sp³-hybridized carbons (Fsp3) is 0.238. The number of benzene rings is 2. The van der Waals surface area contributed by atoms with E-state index in [0.717, 1.165) is 0 Å². The number of halogens is 2. The van der Waals surface area contributed by atoms with Crippen LogP contribution in [0.25, 0.3) is 0 Å². The second-order valence-electron chi connectivity index (χ2n) is 6.43. The molecule has 0 spiro atoms. The minimum absolute atomic E-state index is 0.253. The number of hydrogen-bond acceptors (Lipinski definition) is 4. The molecule has 0 saturated heterocycles. The van der Waals surface area contributed by atoms with Gasteiger partial charge >= 0.3 is 0 Å². The molecular weight excluding hydrogens is 378 g/mol. The Morgan fingerprint density at radius 2 is 1.24 bits per heavy atom. The summed E-state index contributed by atoms with van der Waals surface area (Å²) >= 11 is 0. The minimum atomic E-state index is -1.00. The number of nitrogens with zero attached hydrogens (tertiary/aromatic N) is 2. The maximum atomic E-state index is 12.9. The summed E-state index contributed by atoms with van der Waals surface area (Å²) in [4.78, 5) is 24.9. The van der Waals surface area contributed by atoms with Gasteiger partial charge in [-0.2, -0.15) is 10.2 Å². The second kappa shape index (κ2) is 10.8.